The fourth-order valence-corrected chi connectivity index (χ4v) is 4.11. The van der Waals surface area contributed by atoms with Crippen molar-refractivity contribution >= 4 is 22.6 Å². The number of hydrogen-bond donors (Lipinski definition) is 1. The molecule has 0 aliphatic carbocycles. The smallest absolute Gasteiger partial charge is 0.322 e. The topological polar surface area (TPSA) is 65.0 Å². The van der Waals surface area contributed by atoms with E-state index < -0.39 is 0 Å². The summed E-state index contributed by atoms with van der Waals surface area (Å²) in [6, 6.07) is 11.6. The van der Waals surface area contributed by atoms with Crippen molar-refractivity contribution in [3.05, 3.63) is 53.7 Å². The van der Waals surface area contributed by atoms with Gasteiger partial charge in [0.15, 0.2) is 11.5 Å². The normalized spacial score (nSPS) is 14.9. The fourth-order valence-electron chi connectivity index (χ4n) is 4.11. The highest BCUT2D eigenvalue weighted by Gasteiger charge is 2.23. The quantitative estimate of drug-likeness (QED) is 0.736. The Morgan fingerprint density at radius 3 is 2.97 bits per heavy atom. The van der Waals surface area contributed by atoms with Gasteiger partial charge in [-0.15, -0.1) is 0 Å². The first-order valence-electron chi connectivity index (χ1n) is 9.77. The molecule has 7 heteroatoms. The number of nitrogens with zero attached hydrogens (tertiary/aromatic N) is 2. The standard InChI is InChI=1S/C22H23N3O4/c1-27-10-9-24-12-16-7-8-25(13-15-3-2-4-18(24)21(15)16)22(26)23-17-5-6-19-20(11-17)29-14-28-19/h2-6,11-12H,7-10,13-14H2,1H3,(H,23,26). The maximum absolute atomic E-state index is 12.9. The van der Waals surface area contributed by atoms with Crippen LogP contribution < -0.4 is 14.8 Å². The average molecular weight is 393 g/mol. The highest BCUT2D eigenvalue weighted by Crippen LogP contribution is 2.34. The lowest BCUT2D eigenvalue weighted by molar-refractivity contribution is 0.174. The second kappa shape index (κ2) is 7.33. The van der Waals surface area contributed by atoms with Crippen molar-refractivity contribution in [1.82, 2.24) is 9.47 Å². The molecule has 0 atom stereocenters. The number of anilines is 1. The van der Waals surface area contributed by atoms with Crippen LogP contribution in [0.1, 0.15) is 11.1 Å². The summed E-state index contributed by atoms with van der Waals surface area (Å²) in [6.45, 7) is 2.96. The summed E-state index contributed by atoms with van der Waals surface area (Å²) in [5, 5.41) is 4.25. The lowest BCUT2D eigenvalue weighted by Gasteiger charge is -2.22. The molecule has 0 fully saturated rings. The van der Waals surface area contributed by atoms with E-state index in [0.29, 0.717) is 36.9 Å². The van der Waals surface area contributed by atoms with Gasteiger partial charge in [0.05, 0.1) is 6.61 Å². The van der Waals surface area contributed by atoms with Gasteiger partial charge in [-0.3, -0.25) is 0 Å². The van der Waals surface area contributed by atoms with Crippen LogP contribution in [0.5, 0.6) is 11.5 Å². The summed E-state index contributed by atoms with van der Waals surface area (Å²) in [6.07, 6.45) is 3.02. The van der Waals surface area contributed by atoms with Crippen LogP contribution in [0.25, 0.3) is 10.9 Å². The minimum atomic E-state index is -0.113. The Kier molecular flexibility index (Phi) is 4.52. The number of ether oxygens (including phenoxy) is 3. The van der Waals surface area contributed by atoms with Crippen LogP contribution in [-0.4, -0.2) is 42.6 Å². The van der Waals surface area contributed by atoms with E-state index in [-0.39, 0.29) is 12.8 Å². The Bertz CT molecular complexity index is 1080. The summed E-state index contributed by atoms with van der Waals surface area (Å²) in [4.78, 5) is 14.8. The molecule has 2 amide bonds. The molecule has 0 saturated heterocycles. The molecule has 0 radical (unpaired) electrons. The molecule has 1 aromatic heterocycles. The van der Waals surface area contributed by atoms with Crippen LogP contribution in [0.15, 0.2) is 42.6 Å². The summed E-state index contributed by atoms with van der Waals surface area (Å²) in [5.74, 6) is 1.36. The highest BCUT2D eigenvalue weighted by atomic mass is 16.7. The van der Waals surface area contributed by atoms with E-state index in [1.54, 1.807) is 13.2 Å². The lowest BCUT2D eigenvalue weighted by atomic mass is 10.1. The first-order chi connectivity index (χ1) is 14.2. The van der Waals surface area contributed by atoms with E-state index in [2.05, 4.69) is 34.3 Å². The van der Waals surface area contributed by atoms with Crippen LogP contribution in [0.2, 0.25) is 0 Å². The zero-order chi connectivity index (χ0) is 19.8. The molecule has 2 aromatic carbocycles. The third kappa shape index (κ3) is 3.27. The van der Waals surface area contributed by atoms with Crippen molar-refractivity contribution in [3.8, 4) is 11.5 Å². The SMILES string of the molecule is COCCn1cc2c3c(cccc31)CN(C(=O)Nc1ccc3c(c1)OCO3)CC2. The molecule has 0 unspecified atom stereocenters. The Balaban J connectivity index is 1.37. The first kappa shape index (κ1) is 17.9. The summed E-state index contributed by atoms with van der Waals surface area (Å²) in [7, 11) is 1.72. The van der Waals surface area contributed by atoms with E-state index in [1.165, 1.54) is 22.0 Å². The number of amides is 2. The molecule has 7 nitrogen and oxygen atoms in total. The number of rotatable bonds is 4. The molecular weight excluding hydrogens is 370 g/mol. The average Bonchev–Trinajstić information content (AvgIpc) is 3.28. The molecule has 3 aromatic rings. The van der Waals surface area contributed by atoms with E-state index in [1.807, 2.05) is 17.0 Å². The van der Waals surface area contributed by atoms with Crippen LogP contribution in [0.4, 0.5) is 10.5 Å². The van der Waals surface area contributed by atoms with Crippen molar-refractivity contribution in [2.75, 3.05) is 32.4 Å². The Hall–Kier alpha value is -3.19. The van der Waals surface area contributed by atoms with Gasteiger partial charge in [-0.1, -0.05) is 12.1 Å². The van der Waals surface area contributed by atoms with Gasteiger partial charge in [0.2, 0.25) is 6.79 Å². The zero-order valence-electron chi connectivity index (χ0n) is 16.3. The highest BCUT2D eigenvalue weighted by molar-refractivity contribution is 5.92. The number of carbonyl (C=O) groups is 1. The van der Waals surface area contributed by atoms with Crippen LogP contribution in [0.3, 0.4) is 0 Å². The third-order valence-electron chi connectivity index (χ3n) is 5.53. The number of carbonyl (C=O) groups excluding carboxylic acids is 1. The molecule has 5 rings (SSSR count). The van der Waals surface area contributed by atoms with Crippen molar-refractivity contribution in [2.45, 2.75) is 19.5 Å². The van der Waals surface area contributed by atoms with Gasteiger partial charge in [-0.05, 0) is 35.7 Å². The summed E-state index contributed by atoms with van der Waals surface area (Å²) < 4.78 is 18.2. The Morgan fingerprint density at radius 1 is 1.17 bits per heavy atom. The van der Waals surface area contributed by atoms with E-state index in [9.17, 15) is 4.79 Å². The first-order valence-corrected chi connectivity index (χ1v) is 9.77. The second-order valence-corrected chi connectivity index (χ2v) is 7.32. The third-order valence-corrected chi connectivity index (χ3v) is 5.53. The van der Waals surface area contributed by atoms with Gasteiger partial charge in [0.25, 0.3) is 0 Å². The maximum atomic E-state index is 12.9. The number of urea groups is 1. The second-order valence-electron chi connectivity index (χ2n) is 7.32. The van der Waals surface area contributed by atoms with Gasteiger partial charge < -0.3 is 29.0 Å². The molecule has 150 valence electrons. The number of benzene rings is 2. The number of aromatic nitrogens is 1. The zero-order valence-corrected chi connectivity index (χ0v) is 16.3. The molecule has 2 aliphatic heterocycles. The van der Waals surface area contributed by atoms with Gasteiger partial charge in [-0.2, -0.15) is 0 Å². The largest absolute Gasteiger partial charge is 0.454 e. The van der Waals surface area contributed by atoms with E-state index >= 15 is 0 Å². The lowest BCUT2D eigenvalue weighted by Crippen LogP contribution is -2.35. The van der Waals surface area contributed by atoms with Crippen molar-refractivity contribution in [3.63, 3.8) is 0 Å². The summed E-state index contributed by atoms with van der Waals surface area (Å²) in [5.41, 5.74) is 4.36. The van der Waals surface area contributed by atoms with Crippen LogP contribution in [-0.2, 0) is 24.2 Å². The van der Waals surface area contributed by atoms with Gasteiger partial charge in [0, 0.05) is 55.6 Å². The van der Waals surface area contributed by atoms with Gasteiger partial charge in [-0.25, -0.2) is 4.79 Å². The van der Waals surface area contributed by atoms with E-state index in [4.69, 9.17) is 14.2 Å². The molecular formula is C22H23N3O4. The Morgan fingerprint density at radius 2 is 2.07 bits per heavy atom. The van der Waals surface area contributed by atoms with Gasteiger partial charge >= 0.3 is 6.03 Å². The predicted octanol–water partition coefficient (Wildman–Crippen LogP) is 3.61. The van der Waals surface area contributed by atoms with Gasteiger partial charge in [0.1, 0.15) is 0 Å². The fraction of sp³-hybridized carbons (Fsp3) is 0.318. The predicted molar refractivity (Wildman–Crippen MR) is 110 cm³/mol. The molecule has 0 bridgehead atoms. The van der Waals surface area contributed by atoms with Crippen molar-refractivity contribution in [2.24, 2.45) is 0 Å². The molecule has 2 aliphatic rings. The molecule has 0 spiro atoms. The number of hydrogen-bond acceptors (Lipinski definition) is 4. The monoisotopic (exact) mass is 393 g/mol. The molecule has 1 N–H and O–H groups in total. The number of nitrogens with one attached hydrogen (secondary N) is 1. The van der Waals surface area contributed by atoms with Crippen LogP contribution in [0, 0.1) is 0 Å². The molecule has 0 saturated carbocycles. The summed E-state index contributed by atoms with van der Waals surface area (Å²) >= 11 is 0. The van der Waals surface area contributed by atoms with Crippen LogP contribution >= 0.6 is 0 Å². The van der Waals surface area contributed by atoms with Crippen molar-refractivity contribution in [1.29, 1.82) is 0 Å². The number of methoxy groups -OCH3 is 1. The molecule has 3 heterocycles. The number of fused-ring (bicyclic) bond motifs is 1. The minimum Gasteiger partial charge on any atom is -0.454 e. The van der Waals surface area contributed by atoms with Crippen molar-refractivity contribution < 1.29 is 19.0 Å². The maximum Gasteiger partial charge on any atom is 0.322 e. The molecule has 29 heavy (non-hydrogen) atoms. The van der Waals surface area contributed by atoms with E-state index in [0.717, 1.165) is 13.0 Å². The minimum absolute atomic E-state index is 0.113. The Labute approximate surface area is 168 Å².